The third-order valence-electron chi connectivity index (χ3n) is 2.60. The van der Waals surface area contributed by atoms with E-state index in [0.29, 0.717) is 10.3 Å². The number of rotatable bonds is 2. The summed E-state index contributed by atoms with van der Waals surface area (Å²) in [4.78, 5) is 4.11. The minimum atomic E-state index is 0.0302. The molecule has 0 fully saturated rings. The molecule has 0 aliphatic carbocycles. The van der Waals surface area contributed by atoms with Crippen molar-refractivity contribution in [2.75, 3.05) is 0 Å². The topological polar surface area (TPSA) is 22.1 Å². The first-order valence-electron chi connectivity index (χ1n) is 5.76. The number of hydrogen-bond acceptors (Lipinski definition) is 3. The summed E-state index contributed by atoms with van der Waals surface area (Å²) in [5.74, 6) is 0.846. The third kappa shape index (κ3) is 3.03. The summed E-state index contributed by atoms with van der Waals surface area (Å²) in [5, 5.41) is 2.82. The Morgan fingerprint density at radius 1 is 1.28 bits per heavy atom. The number of thiazole rings is 1. The Morgan fingerprint density at radius 2 is 2.00 bits per heavy atom. The first-order valence-corrected chi connectivity index (χ1v) is 7.02. The van der Waals surface area contributed by atoms with Gasteiger partial charge in [-0.15, -0.1) is 0 Å². The van der Waals surface area contributed by atoms with Crippen molar-refractivity contribution >= 4 is 22.9 Å². The van der Waals surface area contributed by atoms with Crippen LogP contribution in [0.25, 0.3) is 0 Å². The third-order valence-corrected chi connectivity index (χ3v) is 3.64. The van der Waals surface area contributed by atoms with E-state index in [9.17, 15) is 0 Å². The highest BCUT2D eigenvalue weighted by molar-refractivity contribution is 7.11. The Morgan fingerprint density at radius 3 is 2.56 bits per heavy atom. The summed E-state index contributed by atoms with van der Waals surface area (Å²) >= 11 is 7.20. The molecule has 18 heavy (non-hydrogen) atoms. The van der Waals surface area contributed by atoms with E-state index < -0.39 is 0 Å². The number of halogens is 1. The van der Waals surface area contributed by atoms with Crippen LogP contribution in [0.1, 0.15) is 31.9 Å². The molecule has 0 bridgehead atoms. The minimum absolute atomic E-state index is 0.0302. The van der Waals surface area contributed by atoms with Crippen LogP contribution in [-0.4, -0.2) is 4.98 Å². The molecule has 0 atom stereocenters. The molecule has 96 valence electrons. The highest BCUT2D eigenvalue weighted by atomic mass is 35.5. The molecule has 0 amide bonds. The number of aryl methyl sites for hydroxylation is 1. The van der Waals surface area contributed by atoms with Crippen molar-refractivity contribution in [3.63, 3.8) is 0 Å². The molecule has 1 aromatic heterocycles. The molecule has 0 radical (unpaired) electrons. The molecule has 0 saturated carbocycles. The number of benzene rings is 1. The van der Waals surface area contributed by atoms with Crippen molar-refractivity contribution in [3.8, 4) is 10.9 Å². The van der Waals surface area contributed by atoms with Gasteiger partial charge in [-0.05, 0) is 18.4 Å². The van der Waals surface area contributed by atoms with E-state index in [0.717, 1.165) is 5.75 Å². The van der Waals surface area contributed by atoms with Crippen LogP contribution < -0.4 is 4.74 Å². The van der Waals surface area contributed by atoms with Gasteiger partial charge in [0.2, 0.25) is 0 Å². The van der Waals surface area contributed by atoms with Crippen LogP contribution in [0.15, 0.2) is 23.6 Å². The fourth-order valence-corrected chi connectivity index (χ4v) is 2.50. The highest BCUT2D eigenvalue weighted by Crippen LogP contribution is 2.36. The van der Waals surface area contributed by atoms with E-state index in [1.54, 1.807) is 5.38 Å². The van der Waals surface area contributed by atoms with Gasteiger partial charge in [0, 0.05) is 10.9 Å². The molecule has 0 aliphatic rings. The van der Waals surface area contributed by atoms with Gasteiger partial charge in [0.05, 0.1) is 0 Å². The Balaban J connectivity index is 2.38. The van der Waals surface area contributed by atoms with Gasteiger partial charge in [-0.3, -0.25) is 0 Å². The van der Waals surface area contributed by atoms with E-state index in [1.165, 1.54) is 22.5 Å². The summed E-state index contributed by atoms with van der Waals surface area (Å²) in [6, 6.07) is 6.19. The quantitative estimate of drug-likeness (QED) is 0.755. The van der Waals surface area contributed by atoms with Gasteiger partial charge in [0.1, 0.15) is 10.9 Å². The van der Waals surface area contributed by atoms with Gasteiger partial charge in [-0.2, -0.15) is 4.98 Å². The molecule has 0 saturated heterocycles. The van der Waals surface area contributed by atoms with E-state index in [4.69, 9.17) is 16.3 Å². The molecule has 2 nitrogen and oxygen atoms in total. The molecular formula is C14H16ClNOS. The predicted molar refractivity (Wildman–Crippen MR) is 77.1 cm³/mol. The summed E-state index contributed by atoms with van der Waals surface area (Å²) in [7, 11) is 0. The second kappa shape index (κ2) is 4.90. The van der Waals surface area contributed by atoms with Gasteiger partial charge >= 0.3 is 0 Å². The van der Waals surface area contributed by atoms with Crippen LogP contribution in [0.2, 0.25) is 5.15 Å². The lowest BCUT2D eigenvalue weighted by Crippen LogP contribution is -2.12. The normalized spacial score (nSPS) is 11.6. The van der Waals surface area contributed by atoms with Gasteiger partial charge in [-0.1, -0.05) is 61.4 Å². The number of ether oxygens (including phenoxy) is 1. The monoisotopic (exact) mass is 281 g/mol. The Hall–Kier alpha value is -1.06. The van der Waals surface area contributed by atoms with Crippen LogP contribution in [0.5, 0.6) is 10.9 Å². The molecular weight excluding hydrogens is 266 g/mol. The van der Waals surface area contributed by atoms with Gasteiger partial charge in [-0.25, -0.2) is 0 Å². The molecule has 1 aromatic carbocycles. The molecule has 0 aliphatic heterocycles. The lowest BCUT2D eigenvalue weighted by molar-refractivity contribution is 0.452. The molecule has 0 spiro atoms. The van der Waals surface area contributed by atoms with E-state index in [2.05, 4.69) is 38.7 Å². The second-order valence-electron chi connectivity index (χ2n) is 5.29. The summed E-state index contributed by atoms with van der Waals surface area (Å²) in [5.41, 5.74) is 2.43. The zero-order chi connectivity index (χ0) is 13.3. The average Bonchev–Trinajstić information content (AvgIpc) is 2.65. The lowest BCUT2D eigenvalue weighted by Gasteiger charge is -2.22. The van der Waals surface area contributed by atoms with Gasteiger partial charge < -0.3 is 4.74 Å². The lowest BCUT2D eigenvalue weighted by atomic mass is 9.85. The van der Waals surface area contributed by atoms with Crippen molar-refractivity contribution in [1.82, 2.24) is 4.98 Å². The van der Waals surface area contributed by atoms with Crippen molar-refractivity contribution < 1.29 is 4.74 Å². The van der Waals surface area contributed by atoms with Crippen molar-refractivity contribution in [3.05, 3.63) is 39.9 Å². The van der Waals surface area contributed by atoms with Gasteiger partial charge in [0.15, 0.2) is 0 Å². The fraction of sp³-hybridized carbons (Fsp3) is 0.357. The maximum atomic E-state index is 5.83. The summed E-state index contributed by atoms with van der Waals surface area (Å²) in [6.07, 6.45) is 0. The largest absolute Gasteiger partial charge is 0.431 e. The van der Waals surface area contributed by atoms with Crippen LogP contribution >= 0.6 is 22.9 Å². The zero-order valence-electron chi connectivity index (χ0n) is 11.0. The average molecular weight is 282 g/mol. The molecule has 2 aromatic rings. The van der Waals surface area contributed by atoms with Crippen LogP contribution in [0.4, 0.5) is 0 Å². The second-order valence-corrected chi connectivity index (χ2v) is 6.50. The van der Waals surface area contributed by atoms with E-state index >= 15 is 0 Å². The first kappa shape index (κ1) is 13.4. The Bertz CT molecular complexity index is 557. The van der Waals surface area contributed by atoms with Crippen molar-refractivity contribution in [2.24, 2.45) is 0 Å². The van der Waals surface area contributed by atoms with E-state index in [1.807, 2.05) is 12.1 Å². The van der Waals surface area contributed by atoms with Crippen LogP contribution in [0.3, 0.4) is 0 Å². The van der Waals surface area contributed by atoms with Crippen molar-refractivity contribution in [2.45, 2.75) is 33.1 Å². The molecule has 4 heteroatoms. The fourth-order valence-electron chi connectivity index (χ4n) is 1.70. The summed E-state index contributed by atoms with van der Waals surface area (Å²) < 4.78 is 5.83. The molecule has 0 unspecified atom stereocenters. The van der Waals surface area contributed by atoms with E-state index in [-0.39, 0.29) is 5.41 Å². The summed E-state index contributed by atoms with van der Waals surface area (Å²) in [6.45, 7) is 8.59. The minimum Gasteiger partial charge on any atom is -0.431 e. The maximum Gasteiger partial charge on any atom is 0.280 e. The number of nitrogens with zero attached hydrogens (tertiary/aromatic N) is 1. The number of hydrogen-bond donors (Lipinski definition) is 0. The molecule has 0 N–H and O–H groups in total. The van der Waals surface area contributed by atoms with Crippen LogP contribution in [0, 0.1) is 6.92 Å². The standard InChI is InChI=1S/C14H16ClNOS/c1-9-5-6-11(10(7-9)14(2,3)4)17-13-16-12(15)8-18-13/h5-8H,1-4H3. The maximum absolute atomic E-state index is 5.83. The first-order chi connectivity index (χ1) is 8.36. The predicted octanol–water partition coefficient (Wildman–Crippen LogP) is 5.19. The highest BCUT2D eigenvalue weighted by Gasteiger charge is 2.20. The van der Waals surface area contributed by atoms with Crippen LogP contribution in [-0.2, 0) is 5.41 Å². The zero-order valence-corrected chi connectivity index (χ0v) is 12.5. The SMILES string of the molecule is Cc1ccc(Oc2nc(Cl)cs2)c(C(C)(C)C)c1. The molecule has 1 heterocycles. The molecule has 2 rings (SSSR count). The Labute approximate surface area is 117 Å². The smallest absolute Gasteiger partial charge is 0.280 e. The van der Waals surface area contributed by atoms with Gasteiger partial charge in [0.25, 0.3) is 5.19 Å². The Kier molecular flexibility index (Phi) is 3.64. The number of aromatic nitrogens is 1. The van der Waals surface area contributed by atoms with Crippen molar-refractivity contribution in [1.29, 1.82) is 0 Å².